The van der Waals surface area contributed by atoms with Gasteiger partial charge in [-0.3, -0.25) is 4.99 Å². The lowest BCUT2D eigenvalue weighted by Crippen LogP contribution is -2.46. The van der Waals surface area contributed by atoms with Crippen LogP contribution in [0.5, 0.6) is 11.5 Å². The molecule has 0 amide bonds. The lowest BCUT2D eigenvalue weighted by molar-refractivity contribution is -0.141. The van der Waals surface area contributed by atoms with Crippen LogP contribution >= 0.6 is 0 Å². The summed E-state index contributed by atoms with van der Waals surface area (Å²) in [5.41, 5.74) is 6.96. The molecule has 2 aliphatic rings. The summed E-state index contributed by atoms with van der Waals surface area (Å²) in [6.07, 6.45) is 5.84. The van der Waals surface area contributed by atoms with E-state index in [9.17, 15) is 0 Å². The van der Waals surface area contributed by atoms with Gasteiger partial charge in [-0.25, -0.2) is 0 Å². The summed E-state index contributed by atoms with van der Waals surface area (Å²) in [4.78, 5) is 4.53. The van der Waals surface area contributed by atoms with E-state index in [4.69, 9.17) is 19.9 Å². The maximum atomic E-state index is 6.06. The van der Waals surface area contributed by atoms with Gasteiger partial charge in [0.15, 0.2) is 5.96 Å². The summed E-state index contributed by atoms with van der Waals surface area (Å²) in [5.74, 6) is 2.39. The minimum Gasteiger partial charge on any atom is -0.497 e. The van der Waals surface area contributed by atoms with Gasteiger partial charge in [-0.2, -0.15) is 0 Å². The number of nitrogens with two attached hydrogens (primary N) is 1. The molecular formula is C18H27N3O3. The lowest BCUT2D eigenvalue weighted by atomic mass is 9.72. The number of nitrogens with zero attached hydrogens (tertiary/aromatic N) is 1. The van der Waals surface area contributed by atoms with Crippen LogP contribution in [0, 0.1) is 5.92 Å². The number of ether oxygens (including phenoxy) is 3. The standard InChI is InChI=1S/C18H27N3O3/c1-22-14-4-5-16(23-2)15(10-14)21-17(19)20-12-13-6-9-24-18(11-13)7-3-8-18/h4-5,10,13H,3,6-9,11-12H2,1-2H3,(H3,19,20,21). The molecule has 132 valence electrons. The molecule has 0 aromatic heterocycles. The molecule has 1 spiro atoms. The maximum Gasteiger partial charge on any atom is 0.193 e. The molecule has 1 unspecified atom stereocenters. The summed E-state index contributed by atoms with van der Waals surface area (Å²) in [7, 11) is 3.25. The summed E-state index contributed by atoms with van der Waals surface area (Å²) < 4.78 is 16.6. The molecule has 0 bridgehead atoms. The molecule has 6 nitrogen and oxygen atoms in total. The average molecular weight is 333 g/mol. The monoisotopic (exact) mass is 333 g/mol. The fraction of sp³-hybridized carbons (Fsp3) is 0.611. The predicted molar refractivity (Wildman–Crippen MR) is 94.9 cm³/mol. The first kappa shape index (κ1) is 16.9. The number of anilines is 1. The van der Waals surface area contributed by atoms with Crippen LogP contribution in [0.1, 0.15) is 32.1 Å². The van der Waals surface area contributed by atoms with Gasteiger partial charge in [0.05, 0.1) is 25.5 Å². The number of aliphatic imine (C=N–C) groups is 1. The molecule has 3 rings (SSSR count). The van der Waals surface area contributed by atoms with Crippen LogP contribution in [-0.4, -0.2) is 38.9 Å². The zero-order chi connectivity index (χ0) is 17.0. The van der Waals surface area contributed by atoms with Gasteiger partial charge in [0.2, 0.25) is 0 Å². The Morgan fingerprint density at radius 2 is 2.21 bits per heavy atom. The molecule has 3 N–H and O–H groups in total. The average Bonchev–Trinajstić information content (AvgIpc) is 2.58. The van der Waals surface area contributed by atoms with E-state index in [1.807, 2.05) is 18.2 Å². The van der Waals surface area contributed by atoms with Crippen molar-refractivity contribution in [1.82, 2.24) is 0 Å². The van der Waals surface area contributed by atoms with Crippen molar-refractivity contribution in [2.75, 3.05) is 32.7 Å². The molecule has 1 saturated heterocycles. The van der Waals surface area contributed by atoms with Gasteiger partial charge >= 0.3 is 0 Å². The van der Waals surface area contributed by atoms with E-state index in [-0.39, 0.29) is 5.60 Å². The quantitative estimate of drug-likeness (QED) is 0.640. The zero-order valence-corrected chi connectivity index (χ0v) is 14.5. The van der Waals surface area contributed by atoms with Crippen molar-refractivity contribution in [3.63, 3.8) is 0 Å². The molecule has 1 heterocycles. The highest BCUT2D eigenvalue weighted by atomic mass is 16.5. The molecule has 24 heavy (non-hydrogen) atoms. The van der Waals surface area contributed by atoms with E-state index in [1.165, 1.54) is 19.3 Å². The van der Waals surface area contributed by atoms with E-state index in [0.29, 0.717) is 17.6 Å². The Morgan fingerprint density at radius 1 is 1.38 bits per heavy atom. The second-order valence-electron chi connectivity index (χ2n) is 6.66. The van der Waals surface area contributed by atoms with Crippen LogP contribution in [0.4, 0.5) is 5.69 Å². The highest BCUT2D eigenvalue weighted by Crippen LogP contribution is 2.44. The third kappa shape index (κ3) is 3.75. The summed E-state index contributed by atoms with van der Waals surface area (Å²) >= 11 is 0. The van der Waals surface area contributed by atoms with Crippen LogP contribution in [0.25, 0.3) is 0 Å². The Balaban J connectivity index is 1.60. The Labute approximate surface area is 143 Å². The molecule has 6 heteroatoms. The van der Waals surface area contributed by atoms with Crippen molar-refractivity contribution >= 4 is 11.6 Å². The number of hydrogen-bond acceptors (Lipinski definition) is 4. The molecular weight excluding hydrogens is 306 g/mol. The van der Waals surface area contributed by atoms with E-state index in [0.717, 1.165) is 37.4 Å². The minimum absolute atomic E-state index is 0.149. The lowest BCUT2D eigenvalue weighted by Gasteiger charge is -2.47. The molecule has 1 atom stereocenters. The Hall–Kier alpha value is -1.95. The van der Waals surface area contributed by atoms with E-state index < -0.39 is 0 Å². The summed E-state index contributed by atoms with van der Waals surface area (Å²) in [6.45, 7) is 1.58. The Morgan fingerprint density at radius 3 is 2.88 bits per heavy atom. The first-order valence-electron chi connectivity index (χ1n) is 8.57. The van der Waals surface area contributed by atoms with Crippen LogP contribution < -0.4 is 20.5 Å². The van der Waals surface area contributed by atoms with Crippen LogP contribution in [0.3, 0.4) is 0 Å². The number of benzene rings is 1. The molecule has 2 fully saturated rings. The zero-order valence-electron chi connectivity index (χ0n) is 14.5. The molecule has 1 aromatic carbocycles. The van der Waals surface area contributed by atoms with Gasteiger partial charge in [0, 0.05) is 19.2 Å². The fourth-order valence-corrected chi connectivity index (χ4v) is 3.52. The van der Waals surface area contributed by atoms with Gasteiger partial charge in [-0.15, -0.1) is 0 Å². The minimum atomic E-state index is 0.149. The van der Waals surface area contributed by atoms with Crippen molar-refractivity contribution in [1.29, 1.82) is 0 Å². The van der Waals surface area contributed by atoms with Crippen LogP contribution in [0.15, 0.2) is 23.2 Å². The number of rotatable bonds is 5. The summed E-state index contributed by atoms with van der Waals surface area (Å²) in [6, 6.07) is 5.53. The van der Waals surface area contributed by atoms with Gasteiger partial charge < -0.3 is 25.3 Å². The molecule has 0 radical (unpaired) electrons. The first-order chi connectivity index (χ1) is 11.6. The van der Waals surface area contributed by atoms with Gasteiger partial charge in [-0.1, -0.05) is 0 Å². The highest BCUT2D eigenvalue weighted by Gasteiger charge is 2.42. The topological polar surface area (TPSA) is 78.1 Å². The second-order valence-corrected chi connectivity index (χ2v) is 6.66. The third-order valence-corrected chi connectivity index (χ3v) is 5.05. The van der Waals surface area contributed by atoms with E-state index >= 15 is 0 Å². The van der Waals surface area contributed by atoms with Crippen molar-refractivity contribution < 1.29 is 14.2 Å². The largest absolute Gasteiger partial charge is 0.497 e. The van der Waals surface area contributed by atoms with E-state index in [2.05, 4.69) is 10.3 Å². The van der Waals surface area contributed by atoms with Gasteiger partial charge in [-0.05, 0) is 50.2 Å². The molecule has 1 saturated carbocycles. The van der Waals surface area contributed by atoms with Crippen molar-refractivity contribution in [3.8, 4) is 11.5 Å². The Bertz CT molecular complexity index is 599. The first-order valence-corrected chi connectivity index (χ1v) is 8.57. The van der Waals surface area contributed by atoms with E-state index in [1.54, 1.807) is 14.2 Å². The smallest absolute Gasteiger partial charge is 0.193 e. The fourth-order valence-electron chi connectivity index (χ4n) is 3.52. The SMILES string of the molecule is COc1ccc(OC)c(NC(N)=NCC2CCOC3(CCC3)C2)c1. The number of hydrogen-bond donors (Lipinski definition) is 2. The molecule has 1 aromatic rings. The second kappa shape index (κ2) is 7.30. The van der Waals surface area contributed by atoms with Crippen LogP contribution in [0.2, 0.25) is 0 Å². The molecule has 1 aliphatic carbocycles. The number of guanidine groups is 1. The Kier molecular flexibility index (Phi) is 5.14. The van der Waals surface area contributed by atoms with Gasteiger partial charge in [0.25, 0.3) is 0 Å². The van der Waals surface area contributed by atoms with Crippen LogP contribution in [-0.2, 0) is 4.74 Å². The normalized spacial score (nSPS) is 22.8. The molecule has 1 aliphatic heterocycles. The van der Waals surface area contributed by atoms with Gasteiger partial charge in [0.1, 0.15) is 11.5 Å². The van der Waals surface area contributed by atoms with Crippen molar-refractivity contribution in [2.45, 2.75) is 37.7 Å². The maximum absolute atomic E-state index is 6.06. The highest BCUT2D eigenvalue weighted by molar-refractivity contribution is 5.94. The number of methoxy groups -OCH3 is 2. The van der Waals surface area contributed by atoms with Crippen molar-refractivity contribution in [2.24, 2.45) is 16.6 Å². The summed E-state index contributed by atoms with van der Waals surface area (Å²) in [5, 5.41) is 3.12. The third-order valence-electron chi connectivity index (χ3n) is 5.05. The predicted octanol–water partition coefficient (Wildman–Crippen LogP) is 2.78. The van der Waals surface area contributed by atoms with Crippen molar-refractivity contribution in [3.05, 3.63) is 18.2 Å². The number of nitrogens with one attached hydrogen (secondary N) is 1.